The summed E-state index contributed by atoms with van der Waals surface area (Å²) in [5.41, 5.74) is 9.03. The minimum Gasteiger partial charge on any atom is -0.369 e. The van der Waals surface area contributed by atoms with Crippen molar-refractivity contribution in [3.8, 4) is 0 Å². The van der Waals surface area contributed by atoms with Crippen LogP contribution in [0, 0.1) is 13.8 Å². The molecule has 1 aliphatic rings. The summed E-state index contributed by atoms with van der Waals surface area (Å²) in [4.78, 5) is 32.7. The molecule has 150 valence electrons. The predicted molar refractivity (Wildman–Crippen MR) is 115 cm³/mol. The predicted octanol–water partition coefficient (Wildman–Crippen LogP) is 2.57. The molecule has 3 rings (SSSR count). The molecule has 9 heteroatoms. The van der Waals surface area contributed by atoms with Crippen LogP contribution in [-0.2, 0) is 9.59 Å². The summed E-state index contributed by atoms with van der Waals surface area (Å²) in [7, 11) is 0. The van der Waals surface area contributed by atoms with Gasteiger partial charge in [0.25, 0.3) is 5.91 Å². The molecule has 29 heavy (non-hydrogen) atoms. The lowest BCUT2D eigenvalue weighted by molar-refractivity contribution is -0.123. The molecule has 0 fully saturated rings. The van der Waals surface area contributed by atoms with Crippen LogP contribution in [0.3, 0.4) is 0 Å². The number of aryl methyl sites for hydroxylation is 1. The highest BCUT2D eigenvalue weighted by Crippen LogP contribution is 2.23. The molecule has 2 aromatic carbocycles. The topological polar surface area (TPSA) is 121 Å². The SMILES string of the molecule is Cc1ccccc1N/C(N)=N/C1=NC(CC(=O)Nc2cccc(Cl)c2C)C(=O)N1. The Bertz CT molecular complexity index is 1020. The smallest absolute Gasteiger partial charge is 0.252 e. The van der Waals surface area contributed by atoms with Gasteiger partial charge in [-0.1, -0.05) is 35.9 Å². The first kappa shape index (κ1) is 20.3. The molecule has 8 nitrogen and oxygen atoms in total. The summed E-state index contributed by atoms with van der Waals surface area (Å²) < 4.78 is 0. The number of aliphatic imine (C=N–C) groups is 2. The molecule has 1 heterocycles. The van der Waals surface area contributed by atoms with Crippen molar-refractivity contribution in [1.29, 1.82) is 0 Å². The van der Waals surface area contributed by atoms with Gasteiger partial charge in [-0.05, 0) is 43.2 Å². The Kier molecular flexibility index (Phi) is 6.13. The molecule has 0 aliphatic carbocycles. The van der Waals surface area contributed by atoms with Crippen LogP contribution in [0.25, 0.3) is 0 Å². The van der Waals surface area contributed by atoms with Gasteiger partial charge in [-0.2, -0.15) is 4.99 Å². The van der Waals surface area contributed by atoms with Crippen LogP contribution >= 0.6 is 11.6 Å². The van der Waals surface area contributed by atoms with Gasteiger partial charge in [0, 0.05) is 16.4 Å². The fourth-order valence-corrected chi connectivity index (χ4v) is 2.91. The second-order valence-corrected chi connectivity index (χ2v) is 6.97. The first-order chi connectivity index (χ1) is 13.8. The van der Waals surface area contributed by atoms with Crippen molar-refractivity contribution in [2.75, 3.05) is 10.6 Å². The first-order valence-corrected chi connectivity index (χ1v) is 9.31. The summed E-state index contributed by atoms with van der Waals surface area (Å²) in [6.07, 6.45) is -0.123. The number of carbonyl (C=O) groups is 2. The molecule has 0 bridgehead atoms. The lowest BCUT2D eigenvalue weighted by Crippen LogP contribution is -2.32. The average molecular weight is 413 g/mol. The van der Waals surface area contributed by atoms with Gasteiger partial charge in [0.1, 0.15) is 6.04 Å². The number of rotatable bonds is 4. The van der Waals surface area contributed by atoms with Gasteiger partial charge in [0.05, 0.1) is 6.42 Å². The van der Waals surface area contributed by atoms with Crippen LogP contribution in [0.1, 0.15) is 17.5 Å². The van der Waals surface area contributed by atoms with Crippen LogP contribution in [0.2, 0.25) is 5.02 Å². The van der Waals surface area contributed by atoms with E-state index >= 15 is 0 Å². The molecule has 0 radical (unpaired) electrons. The molecule has 0 saturated heterocycles. The third-order valence-electron chi connectivity index (χ3n) is 4.37. The molecule has 0 aromatic heterocycles. The Morgan fingerprint density at radius 1 is 1.17 bits per heavy atom. The minimum absolute atomic E-state index is 0.0605. The number of carbonyl (C=O) groups excluding carboxylic acids is 2. The van der Waals surface area contributed by atoms with Crippen molar-refractivity contribution in [2.24, 2.45) is 15.7 Å². The number of hydrogen-bond acceptors (Lipinski definition) is 4. The highest BCUT2D eigenvalue weighted by atomic mass is 35.5. The van der Waals surface area contributed by atoms with Gasteiger partial charge in [0.2, 0.25) is 17.8 Å². The number of hydrogen-bond donors (Lipinski definition) is 4. The summed E-state index contributed by atoms with van der Waals surface area (Å²) in [6.45, 7) is 3.73. The van der Waals surface area contributed by atoms with Gasteiger partial charge in [0.15, 0.2) is 0 Å². The number of anilines is 2. The van der Waals surface area contributed by atoms with Gasteiger partial charge < -0.3 is 16.4 Å². The summed E-state index contributed by atoms with van der Waals surface area (Å²) in [6, 6.07) is 11.9. The Balaban J connectivity index is 1.64. The van der Waals surface area contributed by atoms with Crippen molar-refractivity contribution in [3.05, 3.63) is 58.6 Å². The van der Waals surface area contributed by atoms with E-state index in [0.717, 1.165) is 16.8 Å². The Morgan fingerprint density at radius 2 is 1.90 bits per heavy atom. The molecule has 1 aliphatic heterocycles. The molecule has 1 unspecified atom stereocenters. The fourth-order valence-electron chi connectivity index (χ4n) is 2.74. The van der Waals surface area contributed by atoms with Crippen molar-refractivity contribution in [1.82, 2.24) is 5.32 Å². The van der Waals surface area contributed by atoms with Crippen molar-refractivity contribution in [2.45, 2.75) is 26.3 Å². The molecular formula is C20H21ClN6O2. The summed E-state index contributed by atoms with van der Waals surface area (Å²) >= 11 is 6.06. The number of guanidine groups is 2. The second kappa shape index (κ2) is 8.74. The lowest BCUT2D eigenvalue weighted by atomic mass is 10.1. The van der Waals surface area contributed by atoms with E-state index in [0.29, 0.717) is 10.7 Å². The van der Waals surface area contributed by atoms with Crippen LogP contribution in [0.5, 0.6) is 0 Å². The summed E-state index contributed by atoms with van der Waals surface area (Å²) in [5.74, 6) is -0.621. The maximum absolute atomic E-state index is 12.3. The van der Waals surface area contributed by atoms with E-state index in [9.17, 15) is 9.59 Å². The Hall–Kier alpha value is -3.39. The van der Waals surface area contributed by atoms with Crippen molar-refractivity contribution >= 4 is 46.7 Å². The third-order valence-corrected chi connectivity index (χ3v) is 4.78. The highest BCUT2D eigenvalue weighted by molar-refractivity contribution is 6.31. The van der Waals surface area contributed by atoms with Gasteiger partial charge in [-0.25, -0.2) is 4.99 Å². The maximum Gasteiger partial charge on any atom is 0.252 e. The molecule has 2 amide bonds. The lowest BCUT2D eigenvalue weighted by Gasteiger charge is -2.10. The van der Waals surface area contributed by atoms with E-state index in [4.69, 9.17) is 17.3 Å². The Morgan fingerprint density at radius 3 is 2.66 bits per heavy atom. The van der Waals surface area contributed by atoms with E-state index in [1.54, 1.807) is 25.1 Å². The molecular weight excluding hydrogens is 392 g/mol. The monoisotopic (exact) mass is 412 g/mol. The molecule has 1 atom stereocenters. The molecule has 2 aromatic rings. The fraction of sp³-hybridized carbons (Fsp3) is 0.200. The van der Waals surface area contributed by atoms with Crippen LogP contribution in [-0.4, -0.2) is 29.8 Å². The third kappa shape index (κ3) is 5.11. The van der Waals surface area contributed by atoms with Gasteiger partial charge in [-0.15, -0.1) is 0 Å². The number of para-hydroxylation sites is 1. The standard InChI is InChI=1S/C20H21ClN6O2/c1-11-6-3-4-8-14(11)24-19(22)27-20-25-16(18(29)26-20)10-17(28)23-15-9-5-7-13(21)12(15)2/h3-9,16H,10H2,1-2H3,(H,23,28)(H4,22,24,25,26,27,29). The second-order valence-electron chi connectivity index (χ2n) is 6.56. The Labute approximate surface area is 173 Å². The number of nitrogens with two attached hydrogens (primary N) is 1. The normalized spacial score (nSPS) is 16.2. The van der Waals surface area contributed by atoms with E-state index in [2.05, 4.69) is 25.9 Å². The van der Waals surface area contributed by atoms with E-state index in [-0.39, 0.29) is 24.2 Å². The van der Waals surface area contributed by atoms with Gasteiger partial charge >= 0.3 is 0 Å². The zero-order valence-electron chi connectivity index (χ0n) is 16.0. The van der Waals surface area contributed by atoms with Gasteiger partial charge in [-0.3, -0.25) is 14.9 Å². The van der Waals surface area contributed by atoms with Crippen LogP contribution in [0.4, 0.5) is 11.4 Å². The zero-order chi connectivity index (χ0) is 21.0. The van der Waals surface area contributed by atoms with Crippen LogP contribution < -0.4 is 21.7 Å². The molecule has 5 N–H and O–H groups in total. The van der Waals surface area contributed by atoms with E-state index in [1.807, 2.05) is 31.2 Å². The van der Waals surface area contributed by atoms with E-state index < -0.39 is 11.9 Å². The van der Waals surface area contributed by atoms with Crippen LogP contribution in [0.15, 0.2) is 52.4 Å². The van der Waals surface area contributed by atoms with Crippen molar-refractivity contribution < 1.29 is 9.59 Å². The number of halogens is 1. The largest absolute Gasteiger partial charge is 0.369 e. The van der Waals surface area contributed by atoms with E-state index in [1.165, 1.54) is 0 Å². The number of nitrogens with zero attached hydrogens (tertiary/aromatic N) is 2. The number of nitrogens with one attached hydrogen (secondary N) is 3. The quantitative estimate of drug-likeness (QED) is 0.455. The molecule has 0 saturated carbocycles. The van der Waals surface area contributed by atoms with Crippen molar-refractivity contribution in [3.63, 3.8) is 0 Å². The molecule has 0 spiro atoms. The summed E-state index contributed by atoms with van der Waals surface area (Å²) in [5, 5.41) is 8.78. The zero-order valence-corrected chi connectivity index (χ0v) is 16.7. The maximum atomic E-state index is 12.3. The average Bonchev–Trinajstić information content (AvgIpc) is 2.99. The highest BCUT2D eigenvalue weighted by Gasteiger charge is 2.28. The number of amides is 2. The minimum atomic E-state index is -0.875. The first-order valence-electron chi connectivity index (χ1n) is 8.94. The number of benzene rings is 2.